The summed E-state index contributed by atoms with van der Waals surface area (Å²) in [4.78, 5) is 18.7. The molecule has 2 unspecified atom stereocenters. The number of nitrogens with two attached hydrogens (primary N) is 1. The Morgan fingerprint density at radius 3 is 2.89 bits per heavy atom. The summed E-state index contributed by atoms with van der Waals surface area (Å²) in [5.74, 6) is 0.115. The Labute approximate surface area is 120 Å². The molecule has 1 aliphatic heterocycles. The van der Waals surface area contributed by atoms with E-state index in [1.807, 2.05) is 4.90 Å². The molecular weight excluding hydrogens is 262 g/mol. The van der Waals surface area contributed by atoms with Crippen molar-refractivity contribution in [3.05, 3.63) is 29.6 Å². The van der Waals surface area contributed by atoms with Crippen molar-refractivity contribution in [3.8, 4) is 0 Å². The lowest BCUT2D eigenvalue weighted by Crippen LogP contribution is -2.39. The molecule has 1 amide bonds. The van der Waals surface area contributed by atoms with Crippen molar-refractivity contribution in [1.29, 1.82) is 0 Å². The Balaban J connectivity index is 0.00000180. The van der Waals surface area contributed by atoms with Gasteiger partial charge in [0.25, 0.3) is 5.91 Å². The van der Waals surface area contributed by atoms with Gasteiger partial charge in [0.2, 0.25) is 0 Å². The van der Waals surface area contributed by atoms with Crippen LogP contribution in [0.15, 0.2) is 18.3 Å². The van der Waals surface area contributed by atoms with Gasteiger partial charge >= 0.3 is 0 Å². The first-order valence-corrected chi connectivity index (χ1v) is 6.65. The van der Waals surface area contributed by atoms with E-state index in [0.29, 0.717) is 24.2 Å². The third kappa shape index (κ3) is 3.25. The van der Waals surface area contributed by atoms with Crippen molar-refractivity contribution in [2.45, 2.75) is 51.7 Å². The van der Waals surface area contributed by atoms with Crippen LogP contribution in [-0.4, -0.2) is 27.9 Å². The molecule has 2 heterocycles. The van der Waals surface area contributed by atoms with E-state index in [9.17, 15) is 4.79 Å². The molecule has 1 aliphatic rings. The summed E-state index contributed by atoms with van der Waals surface area (Å²) in [6.07, 6.45) is 4.89. The van der Waals surface area contributed by atoms with Gasteiger partial charge in [0.1, 0.15) is 0 Å². The standard InChI is InChI=1S/C14H21N3O.ClH/c1-3-13-5-4-10(2)17(13)14(18)11-6-7-16-12(8-11)9-15;/h6-8,10,13H,3-5,9,15H2,1-2H3;1H. The number of carbonyl (C=O) groups is 1. The highest BCUT2D eigenvalue weighted by Gasteiger charge is 2.33. The van der Waals surface area contributed by atoms with Crippen LogP contribution in [0.25, 0.3) is 0 Å². The van der Waals surface area contributed by atoms with Gasteiger partial charge in [0.15, 0.2) is 0 Å². The summed E-state index contributed by atoms with van der Waals surface area (Å²) >= 11 is 0. The van der Waals surface area contributed by atoms with E-state index in [2.05, 4.69) is 18.8 Å². The van der Waals surface area contributed by atoms with Crippen molar-refractivity contribution < 1.29 is 4.79 Å². The third-order valence-corrected chi connectivity index (χ3v) is 3.76. The van der Waals surface area contributed by atoms with Gasteiger partial charge in [-0.25, -0.2) is 0 Å². The van der Waals surface area contributed by atoms with E-state index in [4.69, 9.17) is 5.73 Å². The van der Waals surface area contributed by atoms with Crippen LogP contribution in [0.1, 0.15) is 49.2 Å². The van der Waals surface area contributed by atoms with Gasteiger partial charge in [0, 0.05) is 30.4 Å². The summed E-state index contributed by atoms with van der Waals surface area (Å²) in [6.45, 7) is 4.63. The van der Waals surface area contributed by atoms with Crippen molar-refractivity contribution in [2.75, 3.05) is 0 Å². The number of hydrogen-bond acceptors (Lipinski definition) is 3. The zero-order valence-electron chi connectivity index (χ0n) is 11.5. The van der Waals surface area contributed by atoms with Crippen molar-refractivity contribution in [3.63, 3.8) is 0 Å². The Hall–Kier alpha value is -1.13. The maximum atomic E-state index is 12.6. The monoisotopic (exact) mass is 283 g/mol. The van der Waals surface area contributed by atoms with E-state index in [1.54, 1.807) is 18.3 Å². The summed E-state index contributed by atoms with van der Waals surface area (Å²) in [6, 6.07) is 4.29. The van der Waals surface area contributed by atoms with Crippen LogP contribution in [0, 0.1) is 0 Å². The summed E-state index contributed by atoms with van der Waals surface area (Å²) < 4.78 is 0. The molecule has 19 heavy (non-hydrogen) atoms. The van der Waals surface area contributed by atoms with Crippen LogP contribution in [0.2, 0.25) is 0 Å². The van der Waals surface area contributed by atoms with E-state index in [1.165, 1.54) is 0 Å². The number of pyridine rings is 1. The molecule has 1 fully saturated rings. The molecule has 2 N–H and O–H groups in total. The van der Waals surface area contributed by atoms with Gasteiger partial charge in [-0.1, -0.05) is 6.92 Å². The minimum atomic E-state index is 0. The molecular formula is C14H22ClN3O. The molecule has 0 saturated carbocycles. The molecule has 0 aromatic carbocycles. The van der Waals surface area contributed by atoms with Crippen LogP contribution >= 0.6 is 12.4 Å². The van der Waals surface area contributed by atoms with Crippen molar-refractivity contribution in [1.82, 2.24) is 9.88 Å². The SMILES string of the molecule is CCC1CCC(C)N1C(=O)c1ccnc(CN)c1.Cl. The molecule has 0 aliphatic carbocycles. The maximum absolute atomic E-state index is 12.6. The van der Waals surface area contributed by atoms with Crippen LogP contribution in [0.3, 0.4) is 0 Å². The van der Waals surface area contributed by atoms with E-state index in [0.717, 1.165) is 25.0 Å². The van der Waals surface area contributed by atoms with Crippen LogP contribution < -0.4 is 5.73 Å². The fourth-order valence-electron chi connectivity index (χ4n) is 2.71. The van der Waals surface area contributed by atoms with Crippen LogP contribution in [0.4, 0.5) is 0 Å². The molecule has 0 spiro atoms. The molecule has 2 atom stereocenters. The largest absolute Gasteiger partial charge is 0.333 e. The normalized spacial score (nSPS) is 22.2. The Bertz CT molecular complexity index is 438. The third-order valence-electron chi connectivity index (χ3n) is 3.76. The Kier molecular flexibility index (Phi) is 5.76. The summed E-state index contributed by atoms with van der Waals surface area (Å²) in [7, 11) is 0. The van der Waals surface area contributed by atoms with Gasteiger partial charge in [0.05, 0.1) is 5.69 Å². The highest BCUT2D eigenvalue weighted by Crippen LogP contribution is 2.27. The number of rotatable bonds is 3. The lowest BCUT2D eigenvalue weighted by Gasteiger charge is -2.28. The van der Waals surface area contributed by atoms with E-state index in [-0.39, 0.29) is 18.3 Å². The van der Waals surface area contributed by atoms with E-state index >= 15 is 0 Å². The minimum absolute atomic E-state index is 0. The second-order valence-electron chi connectivity index (χ2n) is 4.94. The Morgan fingerprint density at radius 1 is 1.53 bits per heavy atom. The second-order valence-corrected chi connectivity index (χ2v) is 4.94. The molecule has 106 valence electrons. The highest BCUT2D eigenvalue weighted by atomic mass is 35.5. The minimum Gasteiger partial charge on any atom is -0.333 e. The number of hydrogen-bond donors (Lipinski definition) is 1. The van der Waals surface area contributed by atoms with E-state index < -0.39 is 0 Å². The summed E-state index contributed by atoms with van der Waals surface area (Å²) in [5.41, 5.74) is 7.04. The molecule has 1 aromatic rings. The molecule has 0 bridgehead atoms. The average molecular weight is 284 g/mol. The zero-order valence-corrected chi connectivity index (χ0v) is 12.3. The smallest absolute Gasteiger partial charge is 0.254 e. The fraction of sp³-hybridized carbons (Fsp3) is 0.571. The van der Waals surface area contributed by atoms with Crippen LogP contribution in [0.5, 0.6) is 0 Å². The van der Waals surface area contributed by atoms with Gasteiger partial charge in [-0.2, -0.15) is 0 Å². The molecule has 2 rings (SSSR count). The van der Waals surface area contributed by atoms with Gasteiger partial charge in [-0.15, -0.1) is 12.4 Å². The molecule has 0 radical (unpaired) electrons. The number of amides is 1. The predicted octanol–water partition coefficient (Wildman–Crippen LogP) is 2.37. The molecule has 4 nitrogen and oxygen atoms in total. The lowest BCUT2D eigenvalue weighted by atomic mass is 10.1. The number of carbonyl (C=O) groups excluding carboxylic acids is 1. The average Bonchev–Trinajstić information content (AvgIpc) is 2.79. The number of aromatic nitrogens is 1. The van der Waals surface area contributed by atoms with Gasteiger partial charge < -0.3 is 10.6 Å². The predicted molar refractivity (Wildman–Crippen MR) is 78.3 cm³/mol. The molecule has 1 aromatic heterocycles. The second kappa shape index (κ2) is 6.87. The highest BCUT2D eigenvalue weighted by molar-refractivity contribution is 5.94. The first kappa shape index (κ1) is 15.9. The first-order valence-electron chi connectivity index (χ1n) is 6.65. The number of likely N-dealkylation sites (tertiary alicyclic amines) is 1. The van der Waals surface area contributed by atoms with Gasteiger partial charge in [-0.3, -0.25) is 9.78 Å². The fourth-order valence-corrected chi connectivity index (χ4v) is 2.71. The first-order chi connectivity index (χ1) is 8.67. The lowest BCUT2D eigenvalue weighted by molar-refractivity contribution is 0.0676. The molecule has 5 heteroatoms. The number of nitrogens with zero attached hydrogens (tertiary/aromatic N) is 2. The zero-order chi connectivity index (χ0) is 13.1. The quantitative estimate of drug-likeness (QED) is 0.926. The molecule has 1 saturated heterocycles. The van der Waals surface area contributed by atoms with Crippen molar-refractivity contribution >= 4 is 18.3 Å². The summed E-state index contributed by atoms with van der Waals surface area (Å²) in [5, 5.41) is 0. The van der Waals surface area contributed by atoms with Gasteiger partial charge in [-0.05, 0) is 38.3 Å². The van der Waals surface area contributed by atoms with Crippen molar-refractivity contribution in [2.24, 2.45) is 5.73 Å². The maximum Gasteiger partial charge on any atom is 0.254 e. The van der Waals surface area contributed by atoms with Crippen LogP contribution in [-0.2, 0) is 6.54 Å². The topological polar surface area (TPSA) is 59.2 Å². The Morgan fingerprint density at radius 2 is 2.26 bits per heavy atom. The number of halogens is 1.